The van der Waals surface area contributed by atoms with Gasteiger partial charge in [-0.3, -0.25) is 4.79 Å². The molecule has 0 radical (unpaired) electrons. The van der Waals surface area contributed by atoms with Gasteiger partial charge in [0.1, 0.15) is 18.0 Å². The second-order valence-corrected chi connectivity index (χ2v) is 5.65. The Kier molecular flexibility index (Phi) is 4.55. The maximum Gasteiger partial charge on any atom is 0.248 e. The van der Waals surface area contributed by atoms with Crippen molar-refractivity contribution in [1.29, 1.82) is 0 Å². The summed E-state index contributed by atoms with van der Waals surface area (Å²) in [7, 11) is 1.68. The largest absolute Gasteiger partial charge is 0.475 e. The third-order valence-electron chi connectivity index (χ3n) is 2.63. The number of benzodiazepines with no additional fused rings is 1. The molecule has 1 aromatic rings. The van der Waals surface area contributed by atoms with E-state index in [-0.39, 0.29) is 19.1 Å². The highest BCUT2D eigenvalue weighted by atomic mass is 35.5. The van der Waals surface area contributed by atoms with Crippen LogP contribution < -0.4 is 4.90 Å². The van der Waals surface area contributed by atoms with Crippen LogP contribution in [0.2, 0.25) is 5.02 Å². The van der Waals surface area contributed by atoms with Crippen molar-refractivity contribution < 1.29 is 9.53 Å². The van der Waals surface area contributed by atoms with Gasteiger partial charge in [-0.05, 0) is 18.2 Å². The van der Waals surface area contributed by atoms with Crippen molar-refractivity contribution in [2.75, 3.05) is 25.1 Å². The number of aliphatic imine (C=N–C) groups is 1. The number of amides is 1. The first-order valence-electron chi connectivity index (χ1n) is 5.51. The molecular weight excluding hydrogens is 311 g/mol. The molecule has 0 fully saturated rings. The predicted octanol–water partition coefficient (Wildman–Crippen LogP) is 2.88. The molecule has 0 bridgehead atoms. The second-order valence-electron chi connectivity index (χ2n) is 3.94. The van der Waals surface area contributed by atoms with Crippen LogP contribution in [0, 0.1) is 0 Å². The molecule has 0 saturated heterocycles. The molecular formula is C12H11Cl3N2O2. The van der Waals surface area contributed by atoms with Crippen LogP contribution in [0.4, 0.5) is 5.69 Å². The summed E-state index contributed by atoms with van der Waals surface area (Å²) in [5.41, 5.74) is 1.33. The average molecular weight is 322 g/mol. The van der Waals surface area contributed by atoms with E-state index in [1.807, 2.05) is 0 Å². The second kappa shape index (κ2) is 5.99. The van der Waals surface area contributed by atoms with Gasteiger partial charge in [0.25, 0.3) is 0 Å². The highest BCUT2D eigenvalue weighted by molar-refractivity contribution is 6.44. The van der Waals surface area contributed by atoms with Crippen LogP contribution in [0.1, 0.15) is 5.56 Å². The Morgan fingerprint density at radius 2 is 2.21 bits per heavy atom. The number of alkyl halides is 2. The van der Waals surface area contributed by atoms with Gasteiger partial charge in [-0.15, -0.1) is 23.2 Å². The molecule has 0 aromatic heterocycles. The molecule has 0 aliphatic carbocycles. The van der Waals surface area contributed by atoms with E-state index in [1.165, 1.54) is 4.90 Å². The number of hydrogen-bond acceptors (Lipinski definition) is 3. The van der Waals surface area contributed by atoms with Crippen molar-refractivity contribution in [3.8, 4) is 0 Å². The van der Waals surface area contributed by atoms with Crippen LogP contribution in [0.25, 0.3) is 0 Å². The standard InChI is InChI=1S/C12H11Cl3N2O2/c1-17-9-3-2-7(13)4-8(9)12(16-5-11(17)18)19-6-10(14)15/h2-4,10H,5-6H2,1H3. The molecule has 102 valence electrons. The number of likely N-dealkylation sites (N-methyl/N-ethyl adjacent to an activating group) is 1. The van der Waals surface area contributed by atoms with Gasteiger partial charge in [-0.2, -0.15) is 0 Å². The summed E-state index contributed by atoms with van der Waals surface area (Å²) >= 11 is 17.2. The maximum atomic E-state index is 11.8. The SMILES string of the molecule is CN1C(=O)CN=C(OCC(Cl)Cl)c2cc(Cl)ccc21. The molecule has 1 amide bonds. The summed E-state index contributed by atoms with van der Waals surface area (Å²) in [6.07, 6.45) is 0. The van der Waals surface area contributed by atoms with Crippen LogP contribution in [-0.2, 0) is 9.53 Å². The zero-order chi connectivity index (χ0) is 14.0. The van der Waals surface area contributed by atoms with Gasteiger partial charge in [0.15, 0.2) is 0 Å². The number of ether oxygens (including phenoxy) is 1. The zero-order valence-electron chi connectivity index (χ0n) is 10.1. The Hall–Kier alpha value is -0.970. The number of anilines is 1. The lowest BCUT2D eigenvalue weighted by Gasteiger charge is -2.18. The van der Waals surface area contributed by atoms with Crippen LogP contribution in [0.15, 0.2) is 23.2 Å². The number of carbonyl (C=O) groups excluding carboxylic acids is 1. The van der Waals surface area contributed by atoms with E-state index >= 15 is 0 Å². The minimum Gasteiger partial charge on any atom is -0.475 e. The van der Waals surface area contributed by atoms with Gasteiger partial charge in [0, 0.05) is 12.1 Å². The predicted molar refractivity (Wildman–Crippen MR) is 77.7 cm³/mol. The topological polar surface area (TPSA) is 41.9 Å². The number of nitrogens with zero attached hydrogens (tertiary/aromatic N) is 2. The first-order chi connectivity index (χ1) is 8.99. The molecule has 1 aromatic carbocycles. The summed E-state index contributed by atoms with van der Waals surface area (Å²) in [6, 6.07) is 5.15. The van der Waals surface area contributed by atoms with E-state index in [2.05, 4.69) is 4.99 Å². The van der Waals surface area contributed by atoms with Crippen molar-refractivity contribution in [3.63, 3.8) is 0 Å². The minimum atomic E-state index is -0.665. The molecule has 0 saturated carbocycles. The van der Waals surface area contributed by atoms with Crippen molar-refractivity contribution in [2.45, 2.75) is 4.84 Å². The minimum absolute atomic E-state index is 0.00731. The quantitative estimate of drug-likeness (QED) is 0.786. The molecule has 0 unspecified atom stereocenters. The highest BCUT2D eigenvalue weighted by Gasteiger charge is 2.23. The molecule has 4 nitrogen and oxygen atoms in total. The molecule has 0 atom stereocenters. The van der Waals surface area contributed by atoms with E-state index in [0.29, 0.717) is 22.2 Å². The average Bonchev–Trinajstić information content (AvgIpc) is 2.47. The number of benzene rings is 1. The van der Waals surface area contributed by atoms with E-state index in [0.717, 1.165) is 0 Å². The molecule has 7 heteroatoms. The summed E-state index contributed by atoms with van der Waals surface area (Å²) in [5.74, 6) is 0.192. The van der Waals surface area contributed by atoms with E-state index in [1.54, 1.807) is 25.2 Å². The van der Waals surface area contributed by atoms with Crippen LogP contribution >= 0.6 is 34.8 Å². The number of halogens is 3. The fraction of sp³-hybridized carbons (Fsp3) is 0.333. The lowest BCUT2D eigenvalue weighted by Crippen LogP contribution is -2.27. The Bertz CT molecular complexity index is 532. The van der Waals surface area contributed by atoms with Crippen molar-refractivity contribution in [1.82, 2.24) is 0 Å². The Labute approximate surface area is 125 Å². The van der Waals surface area contributed by atoms with E-state index in [9.17, 15) is 4.79 Å². The van der Waals surface area contributed by atoms with E-state index < -0.39 is 4.84 Å². The smallest absolute Gasteiger partial charge is 0.248 e. The fourth-order valence-corrected chi connectivity index (χ4v) is 2.00. The van der Waals surface area contributed by atoms with Gasteiger partial charge in [0.2, 0.25) is 11.8 Å². The third kappa shape index (κ3) is 3.32. The normalized spacial score (nSPS) is 15.1. The molecule has 2 rings (SSSR count). The van der Waals surface area contributed by atoms with E-state index in [4.69, 9.17) is 39.5 Å². The highest BCUT2D eigenvalue weighted by Crippen LogP contribution is 2.27. The zero-order valence-corrected chi connectivity index (χ0v) is 12.3. The number of carbonyl (C=O) groups is 1. The Morgan fingerprint density at radius 3 is 2.89 bits per heavy atom. The number of rotatable bonds is 2. The van der Waals surface area contributed by atoms with Crippen LogP contribution in [0.3, 0.4) is 0 Å². The lowest BCUT2D eigenvalue weighted by molar-refractivity contribution is -0.116. The van der Waals surface area contributed by atoms with Gasteiger partial charge in [-0.25, -0.2) is 4.99 Å². The van der Waals surface area contributed by atoms with Gasteiger partial charge in [0.05, 0.1) is 11.3 Å². The van der Waals surface area contributed by atoms with Crippen LogP contribution in [0.5, 0.6) is 0 Å². The number of hydrogen-bond donors (Lipinski definition) is 0. The Balaban J connectivity index is 2.41. The summed E-state index contributed by atoms with van der Waals surface area (Å²) in [5, 5.41) is 0.533. The Morgan fingerprint density at radius 1 is 1.47 bits per heavy atom. The first-order valence-corrected chi connectivity index (χ1v) is 6.76. The molecule has 19 heavy (non-hydrogen) atoms. The monoisotopic (exact) mass is 320 g/mol. The molecule has 1 aliphatic rings. The van der Waals surface area contributed by atoms with Crippen LogP contribution in [-0.4, -0.2) is 36.8 Å². The molecule has 1 aliphatic heterocycles. The van der Waals surface area contributed by atoms with Gasteiger partial charge < -0.3 is 9.64 Å². The number of fused-ring (bicyclic) bond motifs is 1. The molecule has 0 spiro atoms. The summed E-state index contributed by atoms with van der Waals surface area (Å²) in [6.45, 7) is 0.0964. The molecule has 1 heterocycles. The molecule has 0 N–H and O–H groups in total. The van der Waals surface area contributed by atoms with Gasteiger partial charge >= 0.3 is 0 Å². The maximum absolute atomic E-state index is 11.8. The first kappa shape index (κ1) is 14.4. The lowest BCUT2D eigenvalue weighted by atomic mass is 10.1. The van der Waals surface area contributed by atoms with Gasteiger partial charge in [-0.1, -0.05) is 11.6 Å². The van der Waals surface area contributed by atoms with Crippen molar-refractivity contribution in [3.05, 3.63) is 28.8 Å². The summed E-state index contributed by atoms with van der Waals surface area (Å²) < 4.78 is 5.45. The van der Waals surface area contributed by atoms with Crippen molar-refractivity contribution >= 4 is 52.3 Å². The van der Waals surface area contributed by atoms with Crippen molar-refractivity contribution in [2.24, 2.45) is 4.99 Å². The fourth-order valence-electron chi connectivity index (χ4n) is 1.70. The summed E-state index contributed by atoms with van der Waals surface area (Å²) in [4.78, 5) is 16.8. The third-order valence-corrected chi connectivity index (χ3v) is 3.12.